The van der Waals surface area contributed by atoms with E-state index in [-0.39, 0.29) is 6.04 Å². The van der Waals surface area contributed by atoms with Crippen molar-refractivity contribution in [1.82, 2.24) is 14.6 Å². The monoisotopic (exact) mass is 283 g/mol. The van der Waals surface area contributed by atoms with Crippen molar-refractivity contribution in [3.63, 3.8) is 0 Å². The van der Waals surface area contributed by atoms with E-state index in [4.69, 9.17) is 0 Å². The Labute approximate surface area is 114 Å². The zero-order valence-corrected chi connectivity index (χ0v) is 11.8. The molecule has 5 nitrogen and oxygen atoms in total. The van der Waals surface area contributed by atoms with E-state index >= 15 is 0 Å². The van der Waals surface area contributed by atoms with E-state index in [1.165, 1.54) is 12.8 Å². The number of sulfonamides is 1. The van der Waals surface area contributed by atoms with Gasteiger partial charge in [-0.2, -0.15) is 4.31 Å². The van der Waals surface area contributed by atoms with Crippen molar-refractivity contribution in [2.45, 2.75) is 49.1 Å². The number of nitrogens with one attached hydrogen (secondary N) is 2. The zero-order chi connectivity index (χ0) is 13.3. The zero-order valence-electron chi connectivity index (χ0n) is 11.0. The van der Waals surface area contributed by atoms with Gasteiger partial charge >= 0.3 is 0 Å². The number of aromatic nitrogens is 1. The first kappa shape index (κ1) is 13.1. The molecular formula is C13H21N3O2S. The van der Waals surface area contributed by atoms with Crippen LogP contribution >= 0.6 is 0 Å². The number of piperidine rings is 1. The quantitative estimate of drug-likeness (QED) is 0.856. The fraction of sp³-hybridized carbons (Fsp3) is 0.692. The Bertz CT molecular complexity index is 502. The molecule has 0 bridgehead atoms. The second-order valence-corrected chi connectivity index (χ2v) is 7.39. The highest BCUT2D eigenvalue weighted by Gasteiger charge is 2.39. The molecule has 2 N–H and O–H groups in total. The Hall–Kier alpha value is -0.850. The minimum absolute atomic E-state index is 0.212. The van der Waals surface area contributed by atoms with Crippen molar-refractivity contribution in [3.8, 4) is 0 Å². The van der Waals surface area contributed by atoms with Crippen LogP contribution in [0.15, 0.2) is 23.4 Å². The van der Waals surface area contributed by atoms with Gasteiger partial charge in [0, 0.05) is 31.0 Å². The molecule has 0 aromatic carbocycles. The summed E-state index contributed by atoms with van der Waals surface area (Å²) >= 11 is 0. The lowest BCUT2D eigenvalue weighted by Gasteiger charge is -2.29. The van der Waals surface area contributed by atoms with Crippen LogP contribution in [0.3, 0.4) is 0 Å². The van der Waals surface area contributed by atoms with Crippen molar-refractivity contribution in [2.75, 3.05) is 13.1 Å². The predicted octanol–water partition coefficient (Wildman–Crippen LogP) is 1.31. The number of H-pyrrole nitrogens is 1. The summed E-state index contributed by atoms with van der Waals surface area (Å²) in [5.74, 6) is 0. The van der Waals surface area contributed by atoms with Crippen molar-refractivity contribution in [2.24, 2.45) is 0 Å². The molecule has 1 saturated heterocycles. The molecule has 3 rings (SSSR count). The number of aromatic amines is 1. The summed E-state index contributed by atoms with van der Waals surface area (Å²) in [6.07, 6.45) is 8.69. The maximum atomic E-state index is 12.6. The first-order chi connectivity index (χ1) is 9.18. The molecule has 2 aliphatic rings. The van der Waals surface area contributed by atoms with Gasteiger partial charge < -0.3 is 10.3 Å². The van der Waals surface area contributed by atoms with Gasteiger partial charge in [-0.3, -0.25) is 0 Å². The molecule has 0 radical (unpaired) electrons. The van der Waals surface area contributed by atoms with Crippen LogP contribution in [0.5, 0.6) is 0 Å². The number of hydrogen-bond donors (Lipinski definition) is 2. The molecule has 1 aromatic heterocycles. The highest BCUT2D eigenvalue weighted by Crippen LogP contribution is 2.32. The van der Waals surface area contributed by atoms with Gasteiger partial charge in [0.15, 0.2) is 0 Å². The van der Waals surface area contributed by atoms with Crippen LogP contribution in [-0.2, 0) is 10.0 Å². The largest absolute Gasteiger partial charge is 0.366 e. The van der Waals surface area contributed by atoms with Gasteiger partial charge in [-0.05, 0) is 38.3 Å². The molecule has 0 amide bonds. The highest BCUT2D eigenvalue weighted by molar-refractivity contribution is 7.89. The number of hydrogen-bond acceptors (Lipinski definition) is 3. The molecule has 1 unspecified atom stereocenters. The summed E-state index contributed by atoms with van der Waals surface area (Å²) < 4.78 is 27.0. The topological polar surface area (TPSA) is 65.2 Å². The molecule has 19 heavy (non-hydrogen) atoms. The number of rotatable bonds is 5. The fourth-order valence-corrected chi connectivity index (χ4v) is 4.41. The maximum absolute atomic E-state index is 12.6. The normalized spacial score (nSPS) is 24.8. The Kier molecular flexibility index (Phi) is 3.64. The summed E-state index contributed by atoms with van der Waals surface area (Å²) in [6, 6.07) is 2.16. The predicted molar refractivity (Wildman–Crippen MR) is 73.3 cm³/mol. The molecule has 0 spiro atoms. The molecule has 1 aliphatic carbocycles. The summed E-state index contributed by atoms with van der Waals surface area (Å²) in [6.45, 7) is 1.62. The molecule has 1 aromatic rings. The standard InChI is InChI=1S/C13H21N3O2S/c17-19(18,13-6-8-14-9-13)16(12-4-5-12)10-11-3-1-2-7-15-11/h6,8-9,11-12,14-15H,1-5,7,10H2. The smallest absolute Gasteiger partial charge is 0.244 e. The third-order valence-corrected chi connectivity index (χ3v) is 5.86. The lowest BCUT2D eigenvalue weighted by molar-refractivity contribution is 0.307. The van der Waals surface area contributed by atoms with Gasteiger partial charge in [-0.15, -0.1) is 0 Å². The molecule has 106 valence electrons. The van der Waals surface area contributed by atoms with Crippen LogP contribution in [-0.4, -0.2) is 42.9 Å². The van der Waals surface area contributed by atoms with Crippen LogP contribution in [0, 0.1) is 0 Å². The molecule has 6 heteroatoms. The Morgan fingerprint density at radius 3 is 2.68 bits per heavy atom. The van der Waals surface area contributed by atoms with Crippen molar-refractivity contribution in [3.05, 3.63) is 18.5 Å². The molecule has 1 atom stereocenters. The van der Waals surface area contributed by atoms with Crippen LogP contribution in [0.2, 0.25) is 0 Å². The Morgan fingerprint density at radius 2 is 2.11 bits per heavy atom. The van der Waals surface area contributed by atoms with E-state index in [0.29, 0.717) is 17.5 Å². The first-order valence-corrected chi connectivity index (χ1v) is 8.50. The average molecular weight is 283 g/mol. The van der Waals surface area contributed by atoms with Crippen LogP contribution < -0.4 is 5.32 Å². The third-order valence-electron chi connectivity index (χ3n) is 3.94. The van der Waals surface area contributed by atoms with Crippen molar-refractivity contribution >= 4 is 10.0 Å². The van der Waals surface area contributed by atoms with Gasteiger partial charge in [0.25, 0.3) is 0 Å². The molecule has 1 aliphatic heterocycles. The van der Waals surface area contributed by atoms with Gasteiger partial charge in [0.2, 0.25) is 10.0 Å². The lowest BCUT2D eigenvalue weighted by Crippen LogP contribution is -2.46. The van der Waals surface area contributed by atoms with Crippen LogP contribution in [0.1, 0.15) is 32.1 Å². The Morgan fingerprint density at radius 1 is 1.26 bits per heavy atom. The van der Waals surface area contributed by atoms with Crippen molar-refractivity contribution < 1.29 is 8.42 Å². The van der Waals surface area contributed by atoms with E-state index in [1.807, 2.05) is 0 Å². The minimum Gasteiger partial charge on any atom is -0.366 e. The number of nitrogens with zero attached hydrogens (tertiary/aromatic N) is 1. The minimum atomic E-state index is -3.33. The maximum Gasteiger partial charge on any atom is 0.244 e. The highest BCUT2D eigenvalue weighted by atomic mass is 32.2. The molecule has 2 heterocycles. The Balaban J connectivity index is 1.77. The lowest BCUT2D eigenvalue weighted by atomic mass is 10.1. The van der Waals surface area contributed by atoms with E-state index in [0.717, 1.165) is 25.8 Å². The van der Waals surface area contributed by atoms with E-state index in [9.17, 15) is 8.42 Å². The van der Waals surface area contributed by atoms with Gasteiger partial charge in [0.1, 0.15) is 0 Å². The first-order valence-electron chi connectivity index (χ1n) is 7.06. The van der Waals surface area contributed by atoms with Crippen molar-refractivity contribution in [1.29, 1.82) is 0 Å². The van der Waals surface area contributed by atoms with E-state index in [1.54, 1.807) is 22.8 Å². The van der Waals surface area contributed by atoms with Gasteiger partial charge in [-0.1, -0.05) is 6.42 Å². The average Bonchev–Trinajstić information content (AvgIpc) is 3.09. The summed E-state index contributed by atoms with van der Waals surface area (Å²) in [4.78, 5) is 3.22. The second-order valence-electron chi connectivity index (χ2n) is 5.50. The fourth-order valence-electron chi connectivity index (χ4n) is 2.71. The van der Waals surface area contributed by atoms with Gasteiger partial charge in [0.05, 0.1) is 4.90 Å². The molecular weight excluding hydrogens is 262 g/mol. The van der Waals surface area contributed by atoms with E-state index in [2.05, 4.69) is 10.3 Å². The summed E-state index contributed by atoms with van der Waals surface area (Å²) in [5.41, 5.74) is 0. The SMILES string of the molecule is O=S(=O)(c1cc[nH]c1)N(CC1CCCCN1)C1CC1. The van der Waals surface area contributed by atoms with E-state index < -0.39 is 10.0 Å². The second kappa shape index (κ2) is 5.26. The third kappa shape index (κ3) is 2.85. The summed E-state index contributed by atoms with van der Waals surface area (Å²) in [7, 11) is -3.33. The van der Waals surface area contributed by atoms with Crippen LogP contribution in [0.4, 0.5) is 0 Å². The summed E-state index contributed by atoms with van der Waals surface area (Å²) in [5, 5.41) is 3.44. The van der Waals surface area contributed by atoms with Crippen LogP contribution in [0.25, 0.3) is 0 Å². The molecule has 2 fully saturated rings. The molecule has 1 saturated carbocycles. The van der Waals surface area contributed by atoms with Gasteiger partial charge in [-0.25, -0.2) is 8.42 Å².